The standard InChI is InChI=1S/C30H43N3O6/c1-9-19(4)25(32-29(37)39-30(6,7)8)28(36)33(23-18-20(23)5)26(22-15-13-12-14-21(22)10-2)27(35)31-17-16-24(34)38-11-3/h2,12-15,19-20,23,25-26H,9,11,16-18H2,1,3-8H3,(H,31,35)(H,32,37). The van der Waals surface area contributed by atoms with Gasteiger partial charge in [-0.3, -0.25) is 14.4 Å². The van der Waals surface area contributed by atoms with Gasteiger partial charge in [0.15, 0.2) is 0 Å². The predicted molar refractivity (Wildman–Crippen MR) is 148 cm³/mol. The number of alkyl carbamates (subject to hydrolysis) is 1. The minimum absolute atomic E-state index is 0.00738. The SMILES string of the molecule is C#Cc1ccccc1C(C(=O)NCCC(=O)OCC)N(C(=O)C(NC(=O)OC(C)(C)C)C(C)CC)C1CC1C. The number of hydrogen-bond acceptors (Lipinski definition) is 6. The van der Waals surface area contributed by atoms with E-state index >= 15 is 0 Å². The summed E-state index contributed by atoms with van der Waals surface area (Å²) in [7, 11) is 0. The Morgan fingerprint density at radius 1 is 1.18 bits per heavy atom. The van der Waals surface area contributed by atoms with E-state index < -0.39 is 35.7 Å². The second kappa shape index (κ2) is 14.0. The Morgan fingerprint density at radius 3 is 2.36 bits per heavy atom. The molecule has 0 heterocycles. The first-order valence-electron chi connectivity index (χ1n) is 13.6. The quantitative estimate of drug-likeness (QED) is 0.306. The summed E-state index contributed by atoms with van der Waals surface area (Å²) in [5.41, 5.74) is 0.237. The summed E-state index contributed by atoms with van der Waals surface area (Å²) >= 11 is 0. The molecule has 1 aliphatic rings. The molecule has 1 aliphatic carbocycles. The molecule has 0 aromatic heterocycles. The Kier molecular flexibility index (Phi) is 11.4. The topological polar surface area (TPSA) is 114 Å². The van der Waals surface area contributed by atoms with E-state index in [1.807, 2.05) is 20.8 Å². The molecule has 1 aromatic rings. The van der Waals surface area contributed by atoms with Crippen molar-refractivity contribution in [2.75, 3.05) is 13.2 Å². The van der Waals surface area contributed by atoms with Gasteiger partial charge in [-0.25, -0.2) is 4.79 Å². The maximum atomic E-state index is 14.3. The van der Waals surface area contributed by atoms with Crippen molar-refractivity contribution in [3.8, 4) is 12.3 Å². The average molecular weight is 542 g/mol. The molecule has 0 aliphatic heterocycles. The number of terminal acetylenes is 1. The number of hydrogen-bond donors (Lipinski definition) is 2. The fourth-order valence-electron chi connectivity index (χ4n) is 4.35. The van der Waals surface area contributed by atoms with Crippen molar-refractivity contribution in [1.29, 1.82) is 0 Å². The molecule has 214 valence electrons. The molecule has 5 atom stereocenters. The summed E-state index contributed by atoms with van der Waals surface area (Å²) in [6, 6.07) is 4.78. The first-order valence-corrected chi connectivity index (χ1v) is 13.6. The predicted octanol–water partition coefficient (Wildman–Crippen LogP) is 3.95. The van der Waals surface area contributed by atoms with Gasteiger partial charge in [0, 0.05) is 18.2 Å². The minimum atomic E-state index is -1.06. The van der Waals surface area contributed by atoms with Crippen LogP contribution in [-0.2, 0) is 23.9 Å². The number of carbonyl (C=O) groups excluding carboxylic acids is 4. The minimum Gasteiger partial charge on any atom is -0.466 e. The van der Waals surface area contributed by atoms with E-state index in [0.29, 0.717) is 24.0 Å². The van der Waals surface area contributed by atoms with Crippen molar-refractivity contribution in [3.05, 3.63) is 35.4 Å². The number of esters is 1. The molecule has 0 saturated heterocycles. The normalized spacial score (nSPS) is 18.5. The zero-order valence-corrected chi connectivity index (χ0v) is 24.2. The lowest BCUT2D eigenvalue weighted by Crippen LogP contribution is -2.56. The van der Waals surface area contributed by atoms with Gasteiger partial charge in [-0.1, -0.05) is 51.3 Å². The van der Waals surface area contributed by atoms with Crippen LogP contribution >= 0.6 is 0 Å². The smallest absolute Gasteiger partial charge is 0.408 e. The Labute approximate surface area is 232 Å². The number of nitrogens with one attached hydrogen (secondary N) is 2. The van der Waals surface area contributed by atoms with E-state index in [1.54, 1.807) is 56.9 Å². The molecule has 39 heavy (non-hydrogen) atoms. The Bertz CT molecular complexity index is 1070. The van der Waals surface area contributed by atoms with Crippen LogP contribution in [0.4, 0.5) is 4.79 Å². The average Bonchev–Trinajstić information content (AvgIpc) is 3.59. The number of amides is 3. The lowest BCUT2D eigenvalue weighted by Gasteiger charge is -2.37. The second-order valence-corrected chi connectivity index (χ2v) is 11.0. The third-order valence-electron chi connectivity index (χ3n) is 6.70. The van der Waals surface area contributed by atoms with Crippen LogP contribution in [0.3, 0.4) is 0 Å². The summed E-state index contributed by atoms with van der Waals surface area (Å²) in [6.45, 7) is 13.1. The first kappa shape index (κ1) is 31.7. The number of rotatable bonds is 12. The summed E-state index contributed by atoms with van der Waals surface area (Å²) in [6.07, 6.45) is 6.39. The maximum Gasteiger partial charge on any atom is 0.408 e. The summed E-state index contributed by atoms with van der Waals surface area (Å²) < 4.78 is 10.4. The van der Waals surface area contributed by atoms with E-state index in [0.717, 1.165) is 0 Å². The molecule has 2 N–H and O–H groups in total. The second-order valence-electron chi connectivity index (χ2n) is 11.0. The molecule has 9 nitrogen and oxygen atoms in total. The van der Waals surface area contributed by atoms with E-state index in [4.69, 9.17) is 15.9 Å². The van der Waals surface area contributed by atoms with Crippen molar-refractivity contribution in [3.63, 3.8) is 0 Å². The van der Waals surface area contributed by atoms with Crippen LogP contribution in [0, 0.1) is 24.2 Å². The summed E-state index contributed by atoms with van der Waals surface area (Å²) in [5, 5.41) is 5.56. The Balaban J connectivity index is 2.50. The molecule has 1 fully saturated rings. The van der Waals surface area contributed by atoms with Gasteiger partial charge in [-0.2, -0.15) is 0 Å². The van der Waals surface area contributed by atoms with Crippen molar-refractivity contribution in [2.45, 2.75) is 91.5 Å². The molecule has 1 saturated carbocycles. The summed E-state index contributed by atoms with van der Waals surface area (Å²) in [5.74, 6) is 1.26. The number of benzene rings is 1. The fourth-order valence-corrected chi connectivity index (χ4v) is 4.35. The molecule has 0 spiro atoms. The fraction of sp³-hybridized carbons (Fsp3) is 0.600. The van der Waals surface area contributed by atoms with Crippen LogP contribution in [0.15, 0.2) is 24.3 Å². The lowest BCUT2D eigenvalue weighted by atomic mass is 9.94. The van der Waals surface area contributed by atoms with Crippen LogP contribution in [0.1, 0.15) is 84.9 Å². The van der Waals surface area contributed by atoms with Gasteiger partial charge in [0.25, 0.3) is 0 Å². The number of nitrogens with zero attached hydrogens (tertiary/aromatic N) is 1. The zero-order valence-electron chi connectivity index (χ0n) is 24.2. The largest absolute Gasteiger partial charge is 0.466 e. The van der Waals surface area contributed by atoms with Crippen LogP contribution < -0.4 is 10.6 Å². The zero-order chi connectivity index (χ0) is 29.3. The van der Waals surface area contributed by atoms with Gasteiger partial charge >= 0.3 is 12.1 Å². The van der Waals surface area contributed by atoms with Crippen LogP contribution in [0.25, 0.3) is 0 Å². The molecular formula is C30H43N3O6. The molecule has 9 heteroatoms. The van der Waals surface area contributed by atoms with E-state index in [9.17, 15) is 19.2 Å². The van der Waals surface area contributed by atoms with Crippen LogP contribution in [-0.4, -0.2) is 59.6 Å². The third kappa shape index (κ3) is 9.02. The van der Waals surface area contributed by atoms with Gasteiger partial charge in [-0.15, -0.1) is 6.42 Å². The molecule has 2 rings (SSSR count). The Hall–Kier alpha value is -3.54. The summed E-state index contributed by atoms with van der Waals surface area (Å²) in [4.78, 5) is 54.2. The van der Waals surface area contributed by atoms with Gasteiger partial charge in [0.05, 0.1) is 13.0 Å². The molecule has 3 amide bonds. The number of ether oxygens (including phenoxy) is 2. The molecular weight excluding hydrogens is 498 g/mol. The van der Waals surface area contributed by atoms with Crippen molar-refractivity contribution < 1.29 is 28.7 Å². The Morgan fingerprint density at radius 2 is 1.82 bits per heavy atom. The highest BCUT2D eigenvalue weighted by atomic mass is 16.6. The number of carbonyl (C=O) groups is 4. The molecule has 0 bridgehead atoms. The van der Waals surface area contributed by atoms with E-state index in [1.165, 1.54) is 0 Å². The van der Waals surface area contributed by atoms with Crippen molar-refractivity contribution in [1.82, 2.24) is 15.5 Å². The van der Waals surface area contributed by atoms with E-state index in [2.05, 4.69) is 16.6 Å². The maximum absolute atomic E-state index is 14.3. The molecule has 1 aromatic carbocycles. The highest BCUT2D eigenvalue weighted by molar-refractivity contribution is 5.93. The van der Waals surface area contributed by atoms with Crippen molar-refractivity contribution >= 4 is 23.9 Å². The van der Waals surface area contributed by atoms with Crippen LogP contribution in [0.5, 0.6) is 0 Å². The highest BCUT2D eigenvalue weighted by Crippen LogP contribution is 2.41. The third-order valence-corrected chi connectivity index (χ3v) is 6.70. The van der Waals surface area contributed by atoms with E-state index in [-0.39, 0.29) is 43.4 Å². The monoisotopic (exact) mass is 541 g/mol. The highest BCUT2D eigenvalue weighted by Gasteiger charge is 2.49. The first-order chi connectivity index (χ1) is 18.3. The lowest BCUT2D eigenvalue weighted by molar-refractivity contribution is -0.145. The van der Waals surface area contributed by atoms with Gasteiger partial charge in [-0.05, 0) is 57.6 Å². The van der Waals surface area contributed by atoms with Crippen LogP contribution in [0.2, 0.25) is 0 Å². The molecule has 0 radical (unpaired) electrons. The van der Waals surface area contributed by atoms with Gasteiger partial charge < -0.3 is 25.0 Å². The van der Waals surface area contributed by atoms with Crippen molar-refractivity contribution in [2.24, 2.45) is 11.8 Å². The van der Waals surface area contributed by atoms with Gasteiger partial charge in [0.2, 0.25) is 11.8 Å². The van der Waals surface area contributed by atoms with Gasteiger partial charge in [0.1, 0.15) is 17.7 Å². The molecule has 5 unspecified atom stereocenters.